The maximum Gasteiger partial charge on any atom is 0.135 e. The van der Waals surface area contributed by atoms with Crippen LogP contribution >= 0.6 is 0 Å². The third-order valence-corrected chi connectivity index (χ3v) is 3.77. The van der Waals surface area contributed by atoms with Crippen molar-refractivity contribution in [1.82, 2.24) is 4.90 Å². The molecule has 0 N–H and O–H groups in total. The average Bonchev–Trinajstić information content (AvgIpc) is 2.39. The van der Waals surface area contributed by atoms with Gasteiger partial charge in [0.05, 0.1) is 0 Å². The van der Waals surface area contributed by atoms with Gasteiger partial charge in [0.15, 0.2) is 0 Å². The zero-order chi connectivity index (χ0) is 12.3. The lowest BCUT2D eigenvalue weighted by Gasteiger charge is -2.32. The van der Waals surface area contributed by atoms with Crippen molar-refractivity contribution in [2.24, 2.45) is 0 Å². The predicted molar refractivity (Wildman–Crippen MR) is 70.0 cm³/mol. The number of carbonyl (C=O) groups is 1. The van der Waals surface area contributed by atoms with Crippen molar-refractivity contribution in [3.05, 3.63) is 35.4 Å². The summed E-state index contributed by atoms with van der Waals surface area (Å²) in [6, 6.07) is 9.29. The monoisotopic (exact) mass is 231 g/mol. The summed E-state index contributed by atoms with van der Waals surface area (Å²) in [5.41, 5.74) is 2.74. The second-order valence-electron chi connectivity index (χ2n) is 4.85. The van der Waals surface area contributed by atoms with Crippen LogP contribution in [0.15, 0.2) is 24.3 Å². The highest BCUT2D eigenvalue weighted by Gasteiger charge is 2.21. The molecule has 1 unspecified atom stereocenters. The van der Waals surface area contributed by atoms with Crippen molar-refractivity contribution in [3.63, 3.8) is 0 Å². The first-order chi connectivity index (χ1) is 8.20. The van der Waals surface area contributed by atoms with E-state index in [2.05, 4.69) is 43.0 Å². The molecule has 0 amide bonds. The fourth-order valence-corrected chi connectivity index (χ4v) is 2.40. The Morgan fingerprint density at radius 2 is 1.76 bits per heavy atom. The minimum absolute atomic E-state index is 0.412. The summed E-state index contributed by atoms with van der Waals surface area (Å²) >= 11 is 0. The zero-order valence-corrected chi connectivity index (χ0v) is 10.8. The van der Waals surface area contributed by atoms with Gasteiger partial charge in [0.1, 0.15) is 5.78 Å². The quantitative estimate of drug-likeness (QED) is 0.797. The molecular weight excluding hydrogens is 210 g/mol. The second-order valence-corrected chi connectivity index (χ2v) is 4.85. The van der Waals surface area contributed by atoms with Crippen LogP contribution in [0.1, 0.15) is 43.9 Å². The van der Waals surface area contributed by atoms with E-state index in [4.69, 9.17) is 0 Å². The third kappa shape index (κ3) is 2.95. The summed E-state index contributed by atoms with van der Waals surface area (Å²) in [5.74, 6) is 0.412. The Hall–Kier alpha value is -1.15. The van der Waals surface area contributed by atoms with Crippen LogP contribution in [0.3, 0.4) is 0 Å². The van der Waals surface area contributed by atoms with Gasteiger partial charge < -0.3 is 0 Å². The van der Waals surface area contributed by atoms with Gasteiger partial charge in [0.25, 0.3) is 0 Å². The van der Waals surface area contributed by atoms with Gasteiger partial charge in [-0.2, -0.15) is 0 Å². The molecule has 0 spiro atoms. The van der Waals surface area contributed by atoms with Crippen LogP contribution in [0.5, 0.6) is 0 Å². The lowest BCUT2D eigenvalue weighted by molar-refractivity contribution is -0.121. The summed E-state index contributed by atoms with van der Waals surface area (Å²) in [6.07, 6.45) is 2.53. The molecule has 1 heterocycles. The molecule has 2 heteroatoms. The van der Waals surface area contributed by atoms with E-state index in [1.54, 1.807) is 0 Å². The zero-order valence-electron chi connectivity index (χ0n) is 10.8. The molecule has 1 aromatic rings. The molecule has 1 aliphatic rings. The van der Waals surface area contributed by atoms with E-state index >= 15 is 0 Å². The molecule has 2 nitrogen and oxygen atoms in total. The Bertz CT molecular complexity index is 372. The predicted octanol–water partition coefficient (Wildman–Crippen LogP) is 2.97. The van der Waals surface area contributed by atoms with Gasteiger partial charge in [-0.05, 0) is 24.5 Å². The summed E-state index contributed by atoms with van der Waals surface area (Å²) < 4.78 is 0. The number of piperidine rings is 1. The Morgan fingerprint density at radius 1 is 1.18 bits per heavy atom. The van der Waals surface area contributed by atoms with Gasteiger partial charge in [-0.3, -0.25) is 9.69 Å². The summed E-state index contributed by atoms with van der Waals surface area (Å²) in [7, 11) is 0. The van der Waals surface area contributed by atoms with E-state index in [1.807, 2.05) is 0 Å². The fraction of sp³-hybridized carbons (Fsp3) is 0.533. The first-order valence-electron chi connectivity index (χ1n) is 6.55. The second kappa shape index (κ2) is 5.46. The van der Waals surface area contributed by atoms with E-state index in [0.717, 1.165) is 32.4 Å². The number of aryl methyl sites for hydroxylation is 1. The molecular formula is C15H21NO. The van der Waals surface area contributed by atoms with Crippen LogP contribution in [0.4, 0.5) is 0 Å². The van der Waals surface area contributed by atoms with Gasteiger partial charge in [-0.15, -0.1) is 0 Å². The highest BCUT2D eigenvalue weighted by molar-refractivity contribution is 5.79. The Morgan fingerprint density at radius 3 is 2.29 bits per heavy atom. The Kier molecular flexibility index (Phi) is 3.95. The Labute approximate surface area is 104 Å². The van der Waals surface area contributed by atoms with Crippen molar-refractivity contribution in [2.75, 3.05) is 13.1 Å². The normalized spacial score (nSPS) is 19.3. The molecule has 0 aromatic heterocycles. The van der Waals surface area contributed by atoms with Gasteiger partial charge in [0.2, 0.25) is 0 Å². The van der Waals surface area contributed by atoms with Crippen LogP contribution < -0.4 is 0 Å². The highest BCUT2D eigenvalue weighted by Crippen LogP contribution is 2.23. The number of likely N-dealkylation sites (tertiary alicyclic amines) is 1. The number of Topliss-reactive ketones (excluding diaryl/α,β-unsaturated/α-hetero) is 1. The van der Waals surface area contributed by atoms with Crippen LogP contribution in [0.2, 0.25) is 0 Å². The molecule has 1 saturated heterocycles. The Balaban J connectivity index is 2.03. The largest absolute Gasteiger partial charge is 0.300 e. The number of carbonyl (C=O) groups excluding carboxylic acids is 1. The van der Waals surface area contributed by atoms with Crippen molar-refractivity contribution in [1.29, 1.82) is 0 Å². The molecule has 1 atom stereocenters. The maximum atomic E-state index is 11.2. The first kappa shape index (κ1) is 12.3. The number of nitrogens with zero attached hydrogens (tertiary/aromatic N) is 1. The van der Waals surface area contributed by atoms with Crippen molar-refractivity contribution in [2.45, 2.75) is 39.2 Å². The van der Waals surface area contributed by atoms with Crippen LogP contribution in [0, 0.1) is 0 Å². The molecule has 92 valence electrons. The van der Waals surface area contributed by atoms with E-state index in [-0.39, 0.29) is 0 Å². The molecule has 0 aliphatic carbocycles. The molecule has 0 saturated carbocycles. The van der Waals surface area contributed by atoms with E-state index in [0.29, 0.717) is 11.8 Å². The van der Waals surface area contributed by atoms with E-state index < -0.39 is 0 Å². The molecule has 1 aromatic carbocycles. The topological polar surface area (TPSA) is 20.3 Å². The minimum Gasteiger partial charge on any atom is -0.300 e. The van der Waals surface area contributed by atoms with Crippen molar-refractivity contribution in [3.8, 4) is 0 Å². The number of hydrogen-bond donors (Lipinski definition) is 0. The molecule has 17 heavy (non-hydrogen) atoms. The van der Waals surface area contributed by atoms with Crippen molar-refractivity contribution >= 4 is 5.78 Å². The minimum atomic E-state index is 0.412. The third-order valence-electron chi connectivity index (χ3n) is 3.77. The molecule has 0 bridgehead atoms. The molecule has 2 rings (SSSR count). The number of benzene rings is 1. The SMILES string of the molecule is CCc1ccc(C(C)N2CCC(=O)CC2)cc1. The standard InChI is InChI=1S/C15H21NO/c1-3-13-4-6-14(7-5-13)12(2)16-10-8-15(17)9-11-16/h4-7,12H,3,8-11H2,1-2H3. The average molecular weight is 231 g/mol. The van der Waals surface area contributed by atoms with Gasteiger partial charge in [-0.25, -0.2) is 0 Å². The van der Waals surface area contributed by atoms with Crippen LogP contribution in [-0.4, -0.2) is 23.8 Å². The maximum absolute atomic E-state index is 11.2. The fourth-order valence-electron chi connectivity index (χ4n) is 2.40. The number of ketones is 1. The molecule has 1 fully saturated rings. The first-order valence-corrected chi connectivity index (χ1v) is 6.55. The van der Waals surface area contributed by atoms with Crippen LogP contribution in [0.25, 0.3) is 0 Å². The van der Waals surface area contributed by atoms with Gasteiger partial charge in [-0.1, -0.05) is 31.2 Å². The highest BCUT2D eigenvalue weighted by atomic mass is 16.1. The van der Waals surface area contributed by atoms with E-state index in [1.165, 1.54) is 11.1 Å². The molecule has 0 radical (unpaired) electrons. The van der Waals surface area contributed by atoms with E-state index in [9.17, 15) is 4.79 Å². The summed E-state index contributed by atoms with van der Waals surface area (Å²) in [5, 5.41) is 0. The van der Waals surface area contributed by atoms with Crippen LogP contribution in [-0.2, 0) is 11.2 Å². The summed E-state index contributed by atoms with van der Waals surface area (Å²) in [6.45, 7) is 6.23. The number of hydrogen-bond acceptors (Lipinski definition) is 2. The molecule has 1 aliphatic heterocycles. The summed E-state index contributed by atoms with van der Waals surface area (Å²) in [4.78, 5) is 13.6. The van der Waals surface area contributed by atoms with Crippen molar-refractivity contribution < 1.29 is 4.79 Å². The lowest BCUT2D eigenvalue weighted by atomic mass is 10.0. The van der Waals surface area contributed by atoms with Gasteiger partial charge >= 0.3 is 0 Å². The lowest BCUT2D eigenvalue weighted by Crippen LogP contribution is -2.35. The smallest absolute Gasteiger partial charge is 0.135 e. The number of rotatable bonds is 3. The van der Waals surface area contributed by atoms with Gasteiger partial charge in [0, 0.05) is 32.0 Å².